The highest BCUT2D eigenvalue weighted by Crippen LogP contribution is 2.31. The van der Waals surface area contributed by atoms with E-state index < -0.39 is 50.8 Å². The summed E-state index contributed by atoms with van der Waals surface area (Å²) in [5.74, 6) is -1.79. The van der Waals surface area contributed by atoms with Crippen molar-refractivity contribution in [3.05, 3.63) is 54.6 Å². The number of carbonyl (C=O) groups is 3. The van der Waals surface area contributed by atoms with Gasteiger partial charge >= 0.3 is 10.1 Å². The number of Topliss-reactive ketones (excluding diaryl/α,β-unsaturated/α-hetero) is 2. The molecule has 0 aromatic heterocycles. The number of para-hydroxylation sites is 2. The van der Waals surface area contributed by atoms with Crippen LogP contribution >= 0.6 is 0 Å². The minimum Gasteiger partial charge on any atom is -0.379 e. The predicted molar refractivity (Wildman–Crippen MR) is 162 cm³/mol. The molecule has 1 N–H and O–H groups in total. The van der Waals surface area contributed by atoms with Crippen molar-refractivity contribution in [2.24, 2.45) is 11.3 Å². The first kappa shape index (κ1) is 35.1. The smallest absolute Gasteiger partial charge is 0.341 e. The topological polar surface area (TPSA) is 125 Å². The third-order valence-electron chi connectivity index (χ3n) is 6.71. The molecule has 0 aliphatic rings. The molecule has 2 aromatic carbocycles. The predicted octanol–water partition coefficient (Wildman–Crippen LogP) is 5.97. The van der Waals surface area contributed by atoms with Gasteiger partial charge in [-0.05, 0) is 65.8 Å². The van der Waals surface area contributed by atoms with Crippen LogP contribution in [-0.4, -0.2) is 49.3 Å². The van der Waals surface area contributed by atoms with Crippen LogP contribution in [0.4, 0.5) is 5.69 Å². The molecule has 0 bridgehead atoms. The van der Waals surface area contributed by atoms with Crippen molar-refractivity contribution in [3.8, 4) is 5.75 Å². The lowest BCUT2D eigenvalue weighted by Gasteiger charge is -2.37. The molecule has 1 amide bonds. The lowest BCUT2D eigenvalue weighted by Crippen LogP contribution is -2.48. The molecule has 0 saturated heterocycles. The SMILES string of the molecule is CC(OC(C)(C)C)C(=O)C(C)C(C)(C)OC(CC(=O)C(C)(C)C)C(=O)Nc1ccccc1S(=O)(=O)Oc1ccccc1. The third kappa shape index (κ3) is 10.0. The van der Waals surface area contributed by atoms with Gasteiger partial charge in [0.2, 0.25) is 0 Å². The van der Waals surface area contributed by atoms with E-state index in [2.05, 4.69) is 5.32 Å². The summed E-state index contributed by atoms with van der Waals surface area (Å²) in [7, 11) is -4.33. The summed E-state index contributed by atoms with van der Waals surface area (Å²) >= 11 is 0. The molecule has 42 heavy (non-hydrogen) atoms. The molecule has 0 radical (unpaired) electrons. The van der Waals surface area contributed by atoms with E-state index >= 15 is 0 Å². The second-order valence-corrected chi connectivity index (χ2v) is 14.4. The van der Waals surface area contributed by atoms with Crippen LogP contribution in [0.25, 0.3) is 0 Å². The Bertz CT molecular complexity index is 1350. The normalized spacial score (nSPS) is 14.9. The van der Waals surface area contributed by atoms with Crippen molar-refractivity contribution >= 4 is 33.3 Å². The average molecular weight is 604 g/mol. The van der Waals surface area contributed by atoms with Gasteiger partial charge in [0.05, 0.1) is 16.9 Å². The monoisotopic (exact) mass is 603 g/mol. The highest BCUT2D eigenvalue weighted by Gasteiger charge is 2.41. The maximum absolute atomic E-state index is 13.7. The Balaban J connectivity index is 2.38. The Hall–Kier alpha value is -3.08. The number of nitrogens with one attached hydrogen (secondary N) is 1. The molecule has 0 fully saturated rings. The van der Waals surface area contributed by atoms with Crippen LogP contribution in [-0.2, 0) is 34.0 Å². The van der Waals surface area contributed by atoms with Crippen LogP contribution in [0, 0.1) is 11.3 Å². The van der Waals surface area contributed by atoms with Gasteiger partial charge in [0, 0.05) is 17.8 Å². The van der Waals surface area contributed by atoms with Gasteiger partial charge < -0.3 is 19.0 Å². The van der Waals surface area contributed by atoms with Crippen LogP contribution in [0.15, 0.2) is 59.5 Å². The molecule has 0 spiro atoms. The van der Waals surface area contributed by atoms with Crippen molar-refractivity contribution in [1.82, 2.24) is 0 Å². The number of hydrogen-bond donors (Lipinski definition) is 1. The molecule has 3 atom stereocenters. The lowest BCUT2D eigenvalue weighted by atomic mass is 9.85. The number of amides is 1. The fourth-order valence-electron chi connectivity index (χ4n) is 4.06. The van der Waals surface area contributed by atoms with Gasteiger partial charge in [-0.15, -0.1) is 0 Å². The minimum absolute atomic E-state index is 0.0376. The Morgan fingerprint density at radius 1 is 0.810 bits per heavy atom. The maximum atomic E-state index is 13.7. The molecule has 9 nitrogen and oxygen atoms in total. The van der Waals surface area contributed by atoms with Crippen molar-refractivity contribution in [2.75, 3.05) is 5.32 Å². The van der Waals surface area contributed by atoms with E-state index in [1.807, 2.05) is 20.8 Å². The van der Waals surface area contributed by atoms with Crippen molar-refractivity contribution < 1.29 is 36.5 Å². The Morgan fingerprint density at radius 3 is 1.90 bits per heavy atom. The number of hydrogen-bond acceptors (Lipinski definition) is 8. The lowest BCUT2D eigenvalue weighted by molar-refractivity contribution is -0.164. The maximum Gasteiger partial charge on any atom is 0.341 e. The Morgan fingerprint density at radius 2 is 1.36 bits per heavy atom. The summed E-state index contributed by atoms with van der Waals surface area (Å²) in [5, 5.41) is 2.62. The molecule has 0 aliphatic carbocycles. The first-order valence-electron chi connectivity index (χ1n) is 14.0. The Kier molecular flexibility index (Phi) is 11.3. The molecule has 0 saturated carbocycles. The number of ketones is 2. The second kappa shape index (κ2) is 13.5. The zero-order valence-electron chi connectivity index (χ0n) is 26.3. The van der Waals surface area contributed by atoms with E-state index in [-0.39, 0.29) is 34.3 Å². The first-order chi connectivity index (χ1) is 19.1. The van der Waals surface area contributed by atoms with E-state index in [1.54, 1.807) is 72.7 Å². The number of benzene rings is 2. The fraction of sp³-hybridized carbons (Fsp3) is 0.531. The van der Waals surface area contributed by atoms with Crippen LogP contribution in [0.3, 0.4) is 0 Å². The summed E-state index contributed by atoms with van der Waals surface area (Å²) in [5.41, 5.74) is -2.54. The molecule has 0 heterocycles. The second-order valence-electron chi connectivity index (χ2n) is 12.9. The standard InChI is InChI=1S/C32H45NO8S/c1-21(28(35)22(2)39-31(6,7)8)32(9,10)40-25(20-27(34)30(3,4)5)29(36)33-24-18-14-15-19-26(24)42(37,38)41-23-16-12-11-13-17-23/h11-19,21-22,25H,20H2,1-10H3,(H,33,36). The van der Waals surface area contributed by atoms with Gasteiger partial charge in [0.25, 0.3) is 5.91 Å². The molecule has 2 rings (SSSR count). The molecule has 0 aliphatic heterocycles. The van der Waals surface area contributed by atoms with E-state index in [1.165, 1.54) is 30.3 Å². The summed E-state index contributed by atoms with van der Waals surface area (Å²) in [6.07, 6.45) is -2.34. The van der Waals surface area contributed by atoms with E-state index in [4.69, 9.17) is 13.7 Å². The van der Waals surface area contributed by atoms with E-state index in [0.717, 1.165) is 0 Å². The van der Waals surface area contributed by atoms with Gasteiger partial charge in [-0.2, -0.15) is 8.42 Å². The van der Waals surface area contributed by atoms with Crippen LogP contribution < -0.4 is 9.50 Å². The summed E-state index contributed by atoms with van der Waals surface area (Å²) in [4.78, 5) is 39.7. The van der Waals surface area contributed by atoms with Gasteiger partial charge in [0.1, 0.15) is 28.6 Å². The van der Waals surface area contributed by atoms with Gasteiger partial charge in [-0.25, -0.2) is 0 Å². The van der Waals surface area contributed by atoms with Gasteiger partial charge in [-0.3, -0.25) is 14.4 Å². The first-order valence-corrected chi connectivity index (χ1v) is 15.4. The summed E-state index contributed by atoms with van der Waals surface area (Å²) < 4.78 is 43.6. The quantitative estimate of drug-likeness (QED) is 0.278. The Labute approximate surface area is 250 Å². The zero-order chi connectivity index (χ0) is 32.1. The molecule has 10 heteroatoms. The zero-order valence-corrected chi connectivity index (χ0v) is 27.1. The molecular weight excluding hydrogens is 558 g/mol. The third-order valence-corrected chi connectivity index (χ3v) is 8.02. The number of ether oxygens (including phenoxy) is 2. The van der Waals surface area contributed by atoms with Crippen LogP contribution in [0.1, 0.15) is 75.7 Å². The van der Waals surface area contributed by atoms with Crippen LogP contribution in [0.2, 0.25) is 0 Å². The molecule has 3 unspecified atom stereocenters. The van der Waals surface area contributed by atoms with Crippen molar-refractivity contribution in [2.45, 2.75) is 104 Å². The molecule has 232 valence electrons. The molecular formula is C32H45NO8S. The fourth-order valence-corrected chi connectivity index (χ4v) is 5.15. The molecule has 2 aromatic rings. The number of rotatable bonds is 13. The van der Waals surface area contributed by atoms with Gasteiger partial charge in [0.15, 0.2) is 5.78 Å². The highest BCUT2D eigenvalue weighted by atomic mass is 32.2. The van der Waals surface area contributed by atoms with Crippen molar-refractivity contribution in [1.29, 1.82) is 0 Å². The summed E-state index contributed by atoms with van der Waals surface area (Å²) in [6, 6.07) is 13.8. The largest absolute Gasteiger partial charge is 0.379 e. The number of anilines is 1. The summed E-state index contributed by atoms with van der Waals surface area (Å²) in [6.45, 7) is 17.5. The number of carbonyl (C=O) groups excluding carboxylic acids is 3. The van der Waals surface area contributed by atoms with Crippen LogP contribution in [0.5, 0.6) is 5.75 Å². The van der Waals surface area contributed by atoms with Crippen molar-refractivity contribution in [3.63, 3.8) is 0 Å². The highest BCUT2D eigenvalue weighted by molar-refractivity contribution is 7.87. The van der Waals surface area contributed by atoms with E-state index in [9.17, 15) is 22.8 Å². The van der Waals surface area contributed by atoms with E-state index in [0.29, 0.717) is 0 Å². The van der Waals surface area contributed by atoms with Gasteiger partial charge in [-0.1, -0.05) is 58.0 Å². The average Bonchev–Trinajstić information content (AvgIpc) is 2.86. The minimum atomic E-state index is -4.33.